The van der Waals surface area contributed by atoms with E-state index in [-0.39, 0.29) is 5.28 Å². The van der Waals surface area contributed by atoms with Gasteiger partial charge < -0.3 is 5.32 Å². The first-order chi connectivity index (χ1) is 9.15. The summed E-state index contributed by atoms with van der Waals surface area (Å²) in [6, 6.07) is 7.66. The van der Waals surface area contributed by atoms with Gasteiger partial charge in [-0.3, -0.25) is 0 Å². The lowest BCUT2D eigenvalue weighted by molar-refractivity contribution is 1.22. The molecule has 0 aliphatic heterocycles. The number of fused-ring (bicyclic) bond motifs is 1. The van der Waals surface area contributed by atoms with Gasteiger partial charge in [0.05, 0.1) is 20.9 Å². The van der Waals surface area contributed by atoms with Crippen LogP contribution in [0.25, 0.3) is 10.2 Å². The predicted octanol–water partition coefficient (Wildman–Crippen LogP) is 5.05. The molecule has 0 saturated heterocycles. The summed E-state index contributed by atoms with van der Waals surface area (Å²) in [5.41, 5.74) is 2.72. The van der Waals surface area contributed by atoms with E-state index in [4.69, 9.17) is 23.2 Å². The van der Waals surface area contributed by atoms with Crippen LogP contribution in [0.4, 0.5) is 11.5 Å². The lowest BCUT2D eigenvalue weighted by atomic mass is 10.2. The highest BCUT2D eigenvalue weighted by molar-refractivity contribution is 7.17. The topological polar surface area (TPSA) is 37.8 Å². The number of hydrogen-bond donors (Lipinski definition) is 1. The Balaban J connectivity index is 2.13. The van der Waals surface area contributed by atoms with E-state index in [9.17, 15) is 0 Å². The van der Waals surface area contributed by atoms with Gasteiger partial charge in [-0.05, 0) is 41.6 Å². The Morgan fingerprint density at radius 3 is 2.79 bits per heavy atom. The van der Waals surface area contributed by atoms with Crippen molar-refractivity contribution in [1.82, 2.24) is 9.97 Å². The van der Waals surface area contributed by atoms with Crippen LogP contribution < -0.4 is 5.32 Å². The molecule has 0 spiro atoms. The summed E-state index contributed by atoms with van der Waals surface area (Å²) in [4.78, 5) is 8.42. The highest BCUT2D eigenvalue weighted by atomic mass is 35.5. The van der Waals surface area contributed by atoms with Gasteiger partial charge in [-0.25, -0.2) is 4.98 Å². The number of aromatic nitrogens is 2. The molecule has 1 aromatic carbocycles. The summed E-state index contributed by atoms with van der Waals surface area (Å²) in [6.45, 7) is 1.99. The maximum Gasteiger partial charge on any atom is 0.224 e. The van der Waals surface area contributed by atoms with Gasteiger partial charge in [0.2, 0.25) is 5.28 Å². The molecule has 96 valence electrons. The molecule has 0 bridgehead atoms. The molecule has 3 rings (SSSR count). The van der Waals surface area contributed by atoms with Gasteiger partial charge in [-0.2, -0.15) is 4.98 Å². The van der Waals surface area contributed by atoms with E-state index in [1.54, 1.807) is 11.3 Å². The van der Waals surface area contributed by atoms with Crippen LogP contribution in [0.15, 0.2) is 29.6 Å². The summed E-state index contributed by atoms with van der Waals surface area (Å²) in [5, 5.41) is 6.08. The van der Waals surface area contributed by atoms with Crippen molar-refractivity contribution in [1.29, 1.82) is 0 Å². The molecule has 0 aliphatic rings. The third kappa shape index (κ3) is 2.39. The molecule has 6 heteroatoms. The zero-order valence-electron chi connectivity index (χ0n) is 9.95. The average Bonchev–Trinajstić information content (AvgIpc) is 2.81. The number of halogens is 2. The van der Waals surface area contributed by atoms with Gasteiger partial charge in [0.1, 0.15) is 0 Å². The first-order valence-electron chi connectivity index (χ1n) is 5.58. The minimum Gasteiger partial charge on any atom is -0.337 e. The van der Waals surface area contributed by atoms with Crippen molar-refractivity contribution >= 4 is 56.3 Å². The number of nitrogens with zero attached hydrogens (tertiary/aromatic N) is 2. The van der Waals surface area contributed by atoms with Crippen molar-refractivity contribution in [3.8, 4) is 0 Å². The minimum atomic E-state index is 0.220. The van der Waals surface area contributed by atoms with Gasteiger partial charge in [-0.1, -0.05) is 23.7 Å². The number of benzene rings is 1. The number of para-hydroxylation sites is 1. The largest absolute Gasteiger partial charge is 0.337 e. The van der Waals surface area contributed by atoms with E-state index >= 15 is 0 Å². The molecular formula is C13H9Cl2N3S. The molecule has 0 radical (unpaired) electrons. The van der Waals surface area contributed by atoms with E-state index in [1.807, 2.05) is 36.6 Å². The quantitative estimate of drug-likeness (QED) is 0.673. The van der Waals surface area contributed by atoms with Gasteiger partial charge in [0.15, 0.2) is 5.82 Å². The van der Waals surface area contributed by atoms with Gasteiger partial charge in [0, 0.05) is 0 Å². The van der Waals surface area contributed by atoms with Crippen LogP contribution in [0.5, 0.6) is 0 Å². The molecule has 3 aromatic rings. The maximum atomic E-state index is 6.21. The second-order valence-corrected chi connectivity index (χ2v) is 5.69. The monoisotopic (exact) mass is 309 g/mol. The lowest BCUT2D eigenvalue weighted by Gasteiger charge is -2.11. The van der Waals surface area contributed by atoms with Gasteiger partial charge in [0.25, 0.3) is 0 Å². The Bertz CT molecular complexity index is 734. The molecule has 0 atom stereocenters. The summed E-state index contributed by atoms with van der Waals surface area (Å²) in [5.74, 6) is 0.682. The Labute approximate surface area is 124 Å². The maximum absolute atomic E-state index is 6.21. The number of rotatable bonds is 2. The van der Waals surface area contributed by atoms with Crippen molar-refractivity contribution in [2.75, 3.05) is 5.32 Å². The third-order valence-corrected chi connectivity index (χ3v) is 4.14. The fourth-order valence-electron chi connectivity index (χ4n) is 1.83. The van der Waals surface area contributed by atoms with Crippen LogP contribution in [0.2, 0.25) is 10.3 Å². The molecule has 0 aliphatic carbocycles. The van der Waals surface area contributed by atoms with E-state index in [0.717, 1.165) is 21.5 Å². The van der Waals surface area contributed by atoms with E-state index in [0.29, 0.717) is 10.8 Å². The Morgan fingerprint density at radius 1 is 1.16 bits per heavy atom. The lowest BCUT2D eigenvalue weighted by Crippen LogP contribution is -1.98. The molecule has 0 unspecified atom stereocenters. The third-order valence-electron chi connectivity index (χ3n) is 2.74. The summed E-state index contributed by atoms with van der Waals surface area (Å²) in [7, 11) is 0. The summed E-state index contributed by atoms with van der Waals surface area (Å²) >= 11 is 13.7. The van der Waals surface area contributed by atoms with Crippen LogP contribution in [0.1, 0.15) is 5.56 Å². The fraction of sp³-hybridized carbons (Fsp3) is 0.0769. The molecule has 1 N–H and O–H groups in total. The molecular weight excluding hydrogens is 301 g/mol. The van der Waals surface area contributed by atoms with E-state index in [2.05, 4.69) is 15.3 Å². The number of aryl methyl sites for hydroxylation is 1. The molecule has 0 fully saturated rings. The number of thiophene rings is 1. The van der Waals surface area contributed by atoms with Crippen molar-refractivity contribution in [3.63, 3.8) is 0 Å². The fourth-order valence-corrected chi connectivity index (χ4v) is 3.05. The Morgan fingerprint density at radius 2 is 2.00 bits per heavy atom. The van der Waals surface area contributed by atoms with Crippen molar-refractivity contribution in [2.45, 2.75) is 6.92 Å². The minimum absolute atomic E-state index is 0.220. The van der Waals surface area contributed by atoms with Crippen LogP contribution in [-0.4, -0.2) is 9.97 Å². The van der Waals surface area contributed by atoms with Crippen molar-refractivity contribution in [3.05, 3.63) is 45.5 Å². The van der Waals surface area contributed by atoms with Crippen LogP contribution in [-0.2, 0) is 0 Å². The smallest absolute Gasteiger partial charge is 0.224 e. The number of nitrogens with one attached hydrogen (secondary N) is 1. The SMILES string of the molecule is Cc1cccc(Cl)c1Nc1nc(Cl)nc2ccsc12. The molecule has 19 heavy (non-hydrogen) atoms. The van der Waals surface area contributed by atoms with Crippen LogP contribution in [0, 0.1) is 6.92 Å². The molecule has 2 aromatic heterocycles. The van der Waals surface area contributed by atoms with Gasteiger partial charge >= 0.3 is 0 Å². The molecule has 0 saturated carbocycles. The highest BCUT2D eigenvalue weighted by Gasteiger charge is 2.11. The number of anilines is 2. The molecule has 3 nitrogen and oxygen atoms in total. The standard InChI is InChI=1S/C13H9Cl2N3S/c1-7-3-2-4-8(14)10(7)17-12-11-9(5-6-19-11)16-13(15)18-12/h2-6H,1H3,(H,16,17,18). The van der Waals surface area contributed by atoms with Gasteiger partial charge in [-0.15, -0.1) is 11.3 Å². The highest BCUT2D eigenvalue weighted by Crippen LogP contribution is 2.33. The Kier molecular flexibility index (Phi) is 3.31. The first-order valence-corrected chi connectivity index (χ1v) is 7.21. The number of hydrogen-bond acceptors (Lipinski definition) is 4. The summed E-state index contributed by atoms with van der Waals surface area (Å²) in [6.07, 6.45) is 0. The van der Waals surface area contributed by atoms with Crippen LogP contribution in [0.3, 0.4) is 0 Å². The van der Waals surface area contributed by atoms with Crippen LogP contribution >= 0.6 is 34.5 Å². The first kappa shape index (κ1) is 12.7. The van der Waals surface area contributed by atoms with E-state index < -0.39 is 0 Å². The zero-order chi connectivity index (χ0) is 13.4. The van der Waals surface area contributed by atoms with Crippen molar-refractivity contribution < 1.29 is 0 Å². The molecule has 2 heterocycles. The normalized spacial score (nSPS) is 10.9. The second kappa shape index (κ2) is 4.96. The predicted molar refractivity (Wildman–Crippen MR) is 81.9 cm³/mol. The summed E-state index contributed by atoms with van der Waals surface area (Å²) < 4.78 is 0.962. The Hall–Kier alpha value is -1.36. The molecule has 0 amide bonds. The zero-order valence-corrected chi connectivity index (χ0v) is 12.3. The van der Waals surface area contributed by atoms with E-state index in [1.165, 1.54) is 0 Å². The average molecular weight is 310 g/mol. The van der Waals surface area contributed by atoms with Crippen molar-refractivity contribution in [2.24, 2.45) is 0 Å². The second-order valence-electron chi connectivity index (χ2n) is 4.03.